The molecule has 21 heavy (non-hydrogen) atoms. The van der Waals surface area contributed by atoms with E-state index in [9.17, 15) is 0 Å². The topological polar surface area (TPSA) is 53.1 Å². The molecule has 2 atom stereocenters. The molecule has 2 N–H and O–H groups in total. The molecule has 2 saturated carbocycles. The molecule has 2 unspecified atom stereocenters. The second-order valence-electron chi connectivity index (χ2n) is 6.46. The molecule has 1 aromatic carbocycles. The monoisotopic (exact) mass is 285 g/mol. The Bertz CT molecular complexity index is 659. The number of fused-ring (bicyclic) bond motifs is 1. The fourth-order valence-electron chi connectivity index (χ4n) is 3.86. The van der Waals surface area contributed by atoms with Gasteiger partial charge in [0.05, 0.1) is 18.1 Å². The first-order valence-corrected chi connectivity index (χ1v) is 8.07. The van der Waals surface area contributed by atoms with Gasteiger partial charge in [-0.3, -0.25) is 0 Å². The fraction of sp³-hybridized carbons (Fsp3) is 0.588. The molecule has 0 bridgehead atoms. The average molecular weight is 285 g/mol. The van der Waals surface area contributed by atoms with Gasteiger partial charge in [-0.15, -0.1) is 0 Å². The summed E-state index contributed by atoms with van der Waals surface area (Å²) in [5, 5.41) is 0. The first kappa shape index (κ1) is 13.1. The predicted octanol–water partition coefficient (Wildman–Crippen LogP) is 3.22. The Morgan fingerprint density at radius 1 is 1.29 bits per heavy atom. The zero-order valence-corrected chi connectivity index (χ0v) is 12.6. The molecule has 0 amide bonds. The standard InChI is InChI=1S/C17H23N3O/c1-21-13-7-8-16-15(9-13)19-17(20(16)12-5-6-12)14-4-2-3-11(14)10-18/h7-9,11-12,14H,2-6,10,18H2,1H3. The first-order valence-electron chi connectivity index (χ1n) is 8.07. The summed E-state index contributed by atoms with van der Waals surface area (Å²) < 4.78 is 7.84. The third-order valence-electron chi connectivity index (χ3n) is 5.13. The number of ether oxygens (including phenoxy) is 1. The highest BCUT2D eigenvalue weighted by Gasteiger charge is 2.35. The molecule has 0 aliphatic heterocycles. The van der Waals surface area contributed by atoms with Gasteiger partial charge in [0.15, 0.2) is 0 Å². The summed E-state index contributed by atoms with van der Waals surface area (Å²) in [6, 6.07) is 6.92. The Hall–Kier alpha value is -1.55. The predicted molar refractivity (Wildman–Crippen MR) is 83.7 cm³/mol. The summed E-state index contributed by atoms with van der Waals surface area (Å²) in [6.07, 6.45) is 6.33. The van der Waals surface area contributed by atoms with Crippen LogP contribution in [0.2, 0.25) is 0 Å². The lowest BCUT2D eigenvalue weighted by Crippen LogP contribution is -2.20. The molecule has 4 nitrogen and oxygen atoms in total. The number of nitrogens with two attached hydrogens (primary N) is 1. The third kappa shape index (κ3) is 2.13. The molecule has 2 aliphatic carbocycles. The van der Waals surface area contributed by atoms with Crippen LogP contribution in [0.1, 0.15) is 49.9 Å². The molecule has 4 rings (SSSR count). The lowest BCUT2D eigenvalue weighted by Gasteiger charge is -2.19. The van der Waals surface area contributed by atoms with E-state index in [1.165, 1.54) is 43.4 Å². The highest BCUT2D eigenvalue weighted by Crippen LogP contribution is 2.45. The molecule has 0 saturated heterocycles. The lowest BCUT2D eigenvalue weighted by atomic mass is 9.95. The Labute approximate surface area is 125 Å². The Kier molecular flexibility index (Phi) is 3.14. The number of hydrogen-bond acceptors (Lipinski definition) is 3. The van der Waals surface area contributed by atoms with Crippen LogP contribution in [0.3, 0.4) is 0 Å². The Morgan fingerprint density at radius 2 is 2.14 bits per heavy atom. The number of aromatic nitrogens is 2. The van der Waals surface area contributed by atoms with E-state index < -0.39 is 0 Å². The van der Waals surface area contributed by atoms with E-state index in [1.54, 1.807) is 7.11 Å². The van der Waals surface area contributed by atoms with E-state index >= 15 is 0 Å². The molecule has 4 heteroatoms. The van der Waals surface area contributed by atoms with Crippen LogP contribution in [-0.4, -0.2) is 23.2 Å². The smallest absolute Gasteiger partial charge is 0.121 e. The van der Waals surface area contributed by atoms with Gasteiger partial charge in [0.1, 0.15) is 11.6 Å². The fourth-order valence-corrected chi connectivity index (χ4v) is 3.86. The van der Waals surface area contributed by atoms with Gasteiger partial charge in [0, 0.05) is 18.0 Å². The van der Waals surface area contributed by atoms with Gasteiger partial charge in [-0.05, 0) is 50.3 Å². The summed E-state index contributed by atoms with van der Waals surface area (Å²) in [6.45, 7) is 0.780. The number of benzene rings is 1. The van der Waals surface area contributed by atoms with E-state index in [1.807, 2.05) is 6.07 Å². The van der Waals surface area contributed by atoms with Crippen molar-refractivity contribution in [2.24, 2.45) is 11.7 Å². The van der Waals surface area contributed by atoms with Crippen LogP contribution in [0.4, 0.5) is 0 Å². The zero-order valence-electron chi connectivity index (χ0n) is 12.6. The van der Waals surface area contributed by atoms with Gasteiger partial charge in [-0.2, -0.15) is 0 Å². The van der Waals surface area contributed by atoms with Gasteiger partial charge >= 0.3 is 0 Å². The van der Waals surface area contributed by atoms with E-state index in [4.69, 9.17) is 15.5 Å². The van der Waals surface area contributed by atoms with Gasteiger partial charge in [0.25, 0.3) is 0 Å². The third-order valence-corrected chi connectivity index (χ3v) is 5.13. The van der Waals surface area contributed by atoms with E-state index in [0.717, 1.165) is 17.8 Å². The van der Waals surface area contributed by atoms with Crippen molar-refractivity contribution in [1.82, 2.24) is 9.55 Å². The lowest BCUT2D eigenvalue weighted by molar-refractivity contribution is 0.415. The van der Waals surface area contributed by atoms with Crippen LogP contribution < -0.4 is 10.5 Å². The number of imidazole rings is 1. The van der Waals surface area contributed by atoms with Crippen LogP contribution in [0.25, 0.3) is 11.0 Å². The summed E-state index contributed by atoms with van der Waals surface area (Å²) >= 11 is 0. The van der Waals surface area contributed by atoms with Crippen molar-refractivity contribution < 1.29 is 4.74 Å². The van der Waals surface area contributed by atoms with Crippen molar-refractivity contribution in [2.75, 3.05) is 13.7 Å². The molecule has 112 valence electrons. The van der Waals surface area contributed by atoms with Crippen molar-refractivity contribution in [3.63, 3.8) is 0 Å². The van der Waals surface area contributed by atoms with Crippen LogP contribution >= 0.6 is 0 Å². The van der Waals surface area contributed by atoms with Gasteiger partial charge < -0.3 is 15.0 Å². The molecule has 1 aromatic heterocycles. The van der Waals surface area contributed by atoms with Crippen LogP contribution in [0, 0.1) is 5.92 Å². The maximum Gasteiger partial charge on any atom is 0.121 e. The van der Waals surface area contributed by atoms with Gasteiger partial charge in [-0.25, -0.2) is 4.98 Å². The quantitative estimate of drug-likeness (QED) is 0.938. The van der Waals surface area contributed by atoms with Crippen LogP contribution in [-0.2, 0) is 0 Å². The summed E-state index contributed by atoms with van der Waals surface area (Å²) in [5.41, 5.74) is 8.31. The molecule has 0 spiro atoms. The Balaban J connectivity index is 1.85. The van der Waals surface area contributed by atoms with Crippen LogP contribution in [0.5, 0.6) is 5.75 Å². The first-order chi connectivity index (χ1) is 10.3. The minimum absolute atomic E-state index is 0.536. The highest BCUT2D eigenvalue weighted by atomic mass is 16.5. The number of nitrogens with zero attached hydrogens (tertiary/aromatic N) is 2. The van der Waals surface area contributed by atoms with Crippen LogP contribution in [0.15, 0.2) is 18.2 Å². The largest absolute Gasteiger partial charge is 0.497 e. The van der Waals surface area contributed by atoms with Crippen molar-refractivity contribution in [2.45, 2.75) is 44.1 Å². The number of methoxy groups -OCH3 is 1. The van der Waals surface area contributed by atoms with Crippen molar-refractivity contribution >= 4 is 11.0 Å². The van der Waals surface area contributed by atoms with Crippen molar-refractivity contribution in [3.05, 3.63) is 24.0 Å². The SMILES string of the molecule is COc1ccc2c(c1)nc(C1CCCC1CN)n2C1CC1. The van der Waals surface area contributed by atoms with Gasteiger partial charge in [0.2, 0.25) is 0 Å². The number of rotatable bonds is 4. The number of hydrogen-bond donors (Lipinski definition) is 1. The van der Waals surface area contributed by atoms with Gasteiger partial charge in [-0.1, -0.05) is 6.42 Å². The maximum atomic E-state index is 5.99. The van der Waals surface area contributed by atoms with Crippen molar-refractivity contribution in [1.29, 1.82) is 0 Å². The van der Waals surface area contributed by atoms with E-state index in [2.05, 4.69) is 16.7 Å². The normalized spacial score (nSPS) is 25.6. The average Bonchev–Trinajstić information content (AvgIpc) is 3.12. The molecular weight excluding hydrogens is 262 g/mol. The van der Waals surface area contributed by atoms with E-state index in [-0.39, 0.29) is 0 Å². The Morgan fingerprint density at radius 3 is 2.86 bits per heavy atom. The summed E-state index contributed by atoms with van der Waals surface area (Å²) in [5.74, 6) is 3.29. The minimum atomic E-state index is 0.536. The second kappa shape index (κ2) is 5.02. The van der Waals surface area contributed by atoms with E-state index in [0.29, 0.717) is 17.9 Å². The van der Waals surface area contributed by atoms with Crippen molar-refractivity contribution in [3.8, 4) is 5.75 Å². The molecule has 1 heterocycles. The molecule has 2 fully saturated rings. The zero-order chi connectivity index (χ0) is 14.4. The summed E-state index contributed by atoms with van der Waals surface area (Å²) in [4.78, 5) is 4.99. The maximum absolute atomic E-state index is 5.99. The molecule has 2 aliphatic rings. The molecular formula is C17H23N3O. The minimum Gasteiger partial charge on any atom is -0.497 e. The summed E-state index contributed by atoms with van der Waals surface area (Å²) in [7, 11) is 1.71. The molecule has 2 aromatic rings. The molecule has 0 radical (unpaired) electrons. The highest BCUT2D eigenvalue weighted by molar-refractivity contribution is 5.78. The second-order valence-corrected chi connectivity index (χ2v) is 6.46.